The molecule has 0 N–H and O–H groups in total. The van der Waals surface area contributed by atoms with Crippen molar-refractivity contribution in [2.75, 3.05) is 19.5 Å². The van der Waals surface area contributed by atoms with Crippen LogP contribution in [0, 0.1) is 0 Å². The zero-order chi connectivity index (χ0) is 17.5. The van der Waals surface area contributed by atoms with E-state index in [0.717, 1.165) is 12.0 Å². The minimum atomic E-state index is -3.56. The summed E-state index contributed by atoms with van der Waals surface area (Å²) in [7, 11) is -2.08. The molecule has 1 aromatic carbocycles. The molecule has 0 saturated heterocycles. The Morgan fingerprint density at radius 3 is 2.57 bits per heavy atom. The lowest BCUT2D eigenvalue weighted by Gasteiger charge is -2.28. The molecule has 0 bridgehead atoms. The van der Waals surface area contributed by atoms with E-state index in [1.165, 1.54) is 14.0 Å². The normalized spacial score (nSPS) is 12.7. The molecule has 23 heavy (non-hydrogen) atoms. The van der Waals surface area contributed by atoms with Crippen molar-refractivity contribution in [3.8, 4) is 5.75 Å². The Morgan fingerprint density at radius 1 is 1.30 bits per heavy atom. The van der Waals surface area contributed by atoms with Crippen molar-refractivity contribution in [2.45, 2.75) is 39.8 Å². The summed E-state index contributed by atoms with van der Waals surface area (Å²) in [6.45, 7) is 5.89. The highest BCUT2D eigenvalue weighted by Crippen LogP contribution is 2.18. The first kappa shape index (κ1) is 19.4. The molecule has 0 spiro atoms. The topological polar surface area (TPSA) is 72.9 Å². The standard InChI is InChI=1S/C16H25NO5S/c1-5-13(3)17(16(18)12-21-4)11-14-8-7-9-15(10-14)22-23(19,20)6-2/h7-10,13H,5-6,11-12H2,1-4H3/t13-/m0/s1. The van der Waals surface area contributed by atoms with Crippen LogP contribution >= 0.6 is 0 Å². The first-order valence-corrected chi connectivity index (χ1v) is 9.20. The summed E-state index contributed by atoms with van der Waals surface area (Å²) in [5.74, 6) is 0.0599. The van der Waals surface area contributed by atoms with Crippen molar-refractivity contribution in [3.05, 3.63) is 29.8 Å². The highest BCUT2D eigenvalue weighted by molar-refractivity contribution is 7.87. The smallest absolute Gasteiger partial charge is 0.308 e. The predicted octanol–water partition coefficient (Wildman–Crippen LogP) is 2.19. The van der Waals surface area contributed by atoms with Crippen LogP contribution < -0.4 is 4.18 Å². The van der Waals surface area contributed by atoms with Crippen LogP contribution in [0.1, 0.15) is 32.8 Å². The largest absolute Gasteiger partial charge is 0.382 e. The highest BCUT2D eigenvalue weighted by atomic mass is 32.2. The molecule has 0 aliphatic rings. The number of amides is 1. The van der Waals surface area contributed by atoms with Gasteiger partial charge in [0.15, 0.2) is 0 Å². The maximum Gasteiger partial charge on any atom is 0.308 e. The van der Waals surface area contributed by atoms with Gasteiger partial charge in [-0.15, -0.1) is 0 Å². The van der Waals surface area contributed by atoms with Crippen molar-refractivity contribution in [1.82, 2.24) is 4.90 Å². The van der Waals surface area contributed by atoms with Crippen molar-refractivity contribution < 1.29 is 22.1 Å². The Morgan fingerprint density at radius 2 is 2.00 bits per heavy atom. The lowest BCUT2D eigenvalue weighted by molar-refractivity contribution is -0.138. The van der Waals surface area contributed by atoms with Gasteiger partial charge in [0, 0.05) is 19.7 Å². The number of hydrogen-bond acceptors (Lipinski definition) is 5. The Labute approximate surface area is 138 Å². The van der Waals surface area contributed by atoms with Crippen molar-refractivity contribution in [2.24, 2.45) is 0 Å². The third kappa shape index (κ3) is 6.19. The Kier molecular flexibility index (Phi) is 7.51. The van der Waals surface area contributed by atoms with Gasteiger partial charge in [0.2, 0.25) is 5.91 Å². The number of rotatable bonds is 9. The molecule has 0 heterocycles. The van der Waals surface area contributed by atoms with Crippen molar-refractivity contribution in [3.63, 3.8) is 0 Å². The van der Waals surface area contributed by atoms with Gasteiger partial charge in [0.25, 0.3) is 0 Å². The van der Waals surface area contributed by atoms with Gasteiger partial charge in [-0.1, -0.05) is 19.1 Å². The fraction of sp³-hybridized carbons (Fsp3) is 0.562. The molecule has 130 valence electrons. The first-order valence-electron chi connectivity index (χ1n) is 7.62. The molecule has 0 fully saturated rings. The second-order valence-electron chi connectivity index (χ2n) is 5.29. The minimum Gasteiger partial charge on any atom is -0.382 e. The fourth-order valence-corrected chi connectivity index (χ4v) is 2.53. The summed E-state index contributed by atoms with van der Waals surface area (Å²) < 4.78 is 33.0. The number of methoxy groups -OCH3 is 1. The quantitative estimate of drug-likeness (QED) is 0.643. The van der Waals surface area contributed by atoms with Crippen molar-refractivity contribution in [1.29, 1.82) is 0 Å². The SMILES string of the molecule is CC[C@H](C)N(Cc1cccc(OS(=O)(=O)CC)c1)C(=O)COC. The van der Waals surface area contributed by atoms with Gasteiger partial charge in [-0.25, -0.2) is 0 Å². The molecular formula is C16H25NO5S. The fourth-order valence-electron chi connectivity index (χ4n) is 2.01. The van der Waals surface area contributed by atoms with Crippen LogP contribution in [0.4, 0.5) is 0 Å². The maximum absolute atomic E-state index is 12.2. The van der Waals surface area contributed by atoms with E-state index >= 15 is 0 Å². The van der Waals surface area contributed by atoms with Gasteiger partial charge in [0.05, 0.1) is 5.75 Å². The summed E-state index contributed by atoms with van der Waals surface area (Å²) in [6, 6.07) is 6.83. The van der Waals surface area contributed by atoms with Crippen LogP contribution in [-0.4, -0.2) is 44.7 Å². The minimum absolute atomic E-state index is 0.0186. The summed E-state index contributed by atoms with van der Waals surface area (Å²) in [5, 5.41) is 0. The molecule has 0 aliphatic heterocycles. The molecule has 1 rings (SSSR count). The number of carbonyl (C=O) groups excluding carboxylic acids is 1. The highest BCUT2D eigenvalue weighted by Gasteiger charge is 2.19. The Balaban J connectivity index is 2.94. The van der Waals surface area contributed by atoms with Gasteiger partial charge in [0.1, 0.15) is 12.4 Å². The zero-order valence-corrected chi connectivity index (χ0v) is 14.9. The molecule has 0 aliphatic carbocycles. The second-order valence-corrected chi connectivity index (χ2v) is 7.15. The third-order valence-corrected chi connectivity index (χ3v) is 4.69. The zero-order valence-electron chi connectivity index (χ0n) is 14.1. The van der Waals surface area contributed by atoms with E-state index in [0.29, 0.717) is 6.54 Å². The summed E-state index contributed by atoms with van der Waals surface area (Å²) in [6.07, 6.45) is 0.815. The molecule has 0 aromatic heterocycles. The van der Waals surface area contributed by atoms with Crippen LogP contribution in [0.15, 0.2) is 24.3 Å². The maximum atomic E-state index is 12.2. The predicted molar refractivity (Wildman–Crippen MR) is 88.7 cm³/mol. The molecule has 0 unspecified atom stereocenters. The van der Waals surface area contributed by atoms with Gasteiger partial charge in [-0.3, -0.25) is 4.79 Å². The molecule has 1 aromatic rings. The number of nitrogens with zero attached hydrogens (tertiary/aromatic N) is 1. The van der Waals surface area contributed by atoms with E-state index < -0.39 is 10.1 Å². The Hall–Kier alpha value is -1.60. The average Bonchev–Trinajstić information content (AvgIpc) is 2.52. The molecule has 1 amide bonds. The van der Waals surface area contributed by atoms with Gasteiger partial charge in [-0.05, 0) is 38.0 Å². The lowest BCUT2D eigenvalue weighted by Crippen LogP contribution is -2.39. The lowest BCUT2D eigenvalue weighted by atomic mass is 10.1. The van der Waals surface area contributed by atoms with Gasteiger partial charge >= 0.3 is 10.1 Å². The summed E-state index contributed by atoms with van der Waals surface area (Å²) in [5.41, 5.74) is 0.804. The first-order chi connectivity index (χ1) is 10.8. The Bertz CT molecular complexity index is 615. The molecular weight excluding hydrogens is 318 g/mol. The van der Waals surface area contributed by atoms with Crippen LogP contribution in [0.5, 0.6) is 5.75 Å². The van der Waals surface area contributed by atoms with Crippen LogP contribution in [0.25, 0.3) is 0 Å². The number of hydrogen-bond donors (Lipinski definition) is 0. The van der Waals surface area contributed by atoms with Crippen molar-refractivity contribution >= 4 is 16.0 Å². The number of carbonyl (C=O) groups is 1. The number of ether oxygens (including phenoxy) is 1. The van der Waals surface area contributed by atoms with E-state index in [2.05, 4.69) is 0 Å². The van der Waals surface area contributed by atoms with Gasteiger partial charge < -0.3 is 13.8 Å². The van der Waals surface area contributed by atoms with Crippen LogP contribution in [0.3, 0.4) is 0 Å². The van der Waals surface area contributed by atoms with E-state index in [1.807, 2.05) is 19.9 Å². The van der Waals surface area contributed by atoms with E-state index in [1.54, 1.807) is 23.1 Å². The van der Waals surface area contributed by atoms with Crippen LogP contribution in [-0.2, 0) is 26.2 Å². The summed E-state index contributed by atoms with van der Waals surface area (Å²) in [4.78, 5) is 13.9. The van der Waals surface area contributed by atoms with E-state index in [4.69, 9.17) is 8.92 Å². The molecule has 0 radical (unpaired) electrons. The number of benzene rings is 1. The third-order valence-electron chi connectivity index (χ3n) is 3.54. The molecule has 6 nitrogen and oxygen atoms in total. The second kappa shape index (κ2) is 8.88. The van der Waals surface area contributed by atoms with E-state index in [-0.39, 0.29) is 30.1 Å². The molecule has 1 atom stereocenters. The summed E-state index contributed by atoms with van der Waals surface area (Å²) >= 11 is 0. The van der Waals surface area contributed by atoms with Crippen LogP contribution in [0.2, 0.25) is 0 Å². The van der Waals surface area contributed by atoms with Gasteiger partial charge in [-0.2, -0.15) is 8.42 Å². The monoisotopic (exact) mass is 343 g/mol. The average molecular weight is 343 g/mol. The molecule has 0 saturated carbocycles. The molecule has 7 heteroatoms. The van der Waals surface area contributed by atoms with E-state index in [9.17, 15) is 13.2 Å².